The molecule has 88 valence electrons. The van der Waals surface area contributed by atoms with Crippen LogP contribution in [0, 0.1) is 22.7 Å². The number of hydrogen-bond acceptors (Lipinski definition) is 4. The van der Waals surface area contributed by atoms with Crippen LogP contribution < -0.4 is 0 Å². The first kappa shape index (κ1) is 13.0. The van der Waals surface area contributed by atoms with Crippen LogP contribution in [0.3, 0.4) is 0 Å². The molecule has 0 heterocycles. The van der Waals surface area contributed by atoms with Crippen molar-refractivity contribution in [3.05, 3.63) is 29.8 Å². The Balaban J connectivity index is 2.55. The van der Waals surface area contributed by atoms with Gasteiger partial charge in [0.05, 0.1) is 12.1 Å². The number of nitriles is 2. The SMILES string of the molecule is N#CCCN(CCC#N)Cc1ccc(O)cc1. The summed E-state index contributed by atoms with van der Waals surface area (Å²) in [4.78, 5) is 2.07. The third-order valence-electron chi connectivity index (χ3n) is 2.42. The summed E-state index contributed by atoms with van der Waals surface area (Å²) in [6.07, 6.45) is 0.924. The van der Waals surface area contributed by atoms with Gasteiger partial charge >= 0.3 is 0 Å². The van der Waals surface area contributed by atoms with E-state index in [0.29, 0.717) is 32.5 Å². The Labute approximate surface area is 101 Å². The molecular formula is C13H15N3O. The van der Waals surface area contributed by atoms with Crippen molar-refractivity contribution in [3.63, 3.8) is 0 Å². The molecule has 0 aliphatic rings. The van der Waals surface area contributed by atoms with Crippen LogP contribution in [0.15, 0.2) is 24.3 Å². The van der Waals surface area contributed by atoms with Gasteiger partial charge in [0.25, 0.3) is 0 Å². The minimum absolute atomic E-state index is 0.245. The Morgan fingerprint density at radius 1 is 1.00 bits per heavy atom. The standard InChI is InChI=1S/C13H15N3O/c14-7-1-9-16(10-2-8-15)11-12-3-5-13(17)6-4-12/h3-6,17H,1-2,9-11H2. The lowest BCUT2D eigenvalue weighted by Crippen LogP contribution is -2.25. The predicted octanol–water partition coefficient (Wildman–Crippen LogP) is 2.02. The van der Waals surface area contributed by atoms with Gasteiger partial charge in [0.15, 0.2) is 0 Å². The summed E-state index contributed by atoms with van der Waals surface area (Å²) in [5, 5.41) is 26.3. The molecule has 0 saturated heterocycles. The fourth-order valence-corrected chi connectivity index (χ4v) is 1.55. The molecular weight excluding hydrogens is 214 g/mol. The molecule has 0 spiro atoms. The van der Waals surface area contributed by atoms with Crippen LogP contribution in [0.5, 0.6) is 5.75 Å². The molecule has 0 radical (unpaired) electrons. The lowest BCUT2D eigenvalue weighted by atomic mass is 10.2. The third-order valence-corrected chi connectivity index (χ3v) is 2.42. The number of phenolic OH excluding ortho intramolecular Hbond substituents is 1. The van der Waals surface area contributed by atoms with E-state index in [1.165, 1.54) is 0 Å². The summed E-state index contributed by atoms with van der Waals surface area (Å²) < 4.78 is 0. The summed E-state index contributed by atoms with van der Waals surface area (Å²) in [5.41, 5.74) is 1.07. The molecule has 0 atom stereocenters. The molecule has 1 aromatic carbocycles. The number of aromatic hydroxyl groups is 1. The van der Waals surface area contributed by atoms with Crippen LogP contribution in [0.1, 0.15) is 18.4 Å². The maximum atomic E-state index is 9.17. The highest BCUT2D eigenvalue weighted by molar-refractivity contribution is 5.25. The average Bonchev–Trinajstić information content (AvgIpc) is 2.35. The molecule has 0 unspecified atom stereocenters. The zero-order chi connectivity index (χ0) is 12.5. The highest BCUT2D eigenvalue weighted by atomic mass is 16.3. The van der Waals surface area contributed by atoms with Crippen molar-refractivity contribution in [1.82, 2.24) is 4.90 Å². The lowest BCUT2D eigenvalue weighted by Gasteiger charge is -2.19. The first-order valence-electron chi connectivity index (χ1n) is 5.50. The Morgan fingerprint density at radius 2 is 1.53 bits per heavy atom. The summed E-state index contributed by atoms with van der Waals surface area (Å²) in [7, 11) is 0. The van der Waals surface area contributed by atoms with Crippen molar-refractivity contribution in [2.75, 3.05) is 13.1 Å². The van der Waals surface area contributed by atoms with Gasteiger partial charge in [0, 0.05) is 32.5 Å². The molecule has 0 aromatic heterocycles. The van der Waals surface area contributed by atoms with Crippen molar-refractivity contribution in [2.45, 2.75) is 19.4 Å². The molecule has 1 rings (SSSR count). The predicted molar refractivity (Wildman–Crippen MR) is 63.8 cm³/mol. The van der Waals surface area contributed by atoms with Crippen molar-refractivity contribution in [1.29, 1.82) is 10.5 Å². The highest BCUT2D eigenvalue weighted by Crippen LogP contribution is 2.12. The second-order valence-corrected chi connectivity index (χ2v) is 3.76. The number of phenols is 1. The summed E-state index contributed by atoms with van der Waals surface area (Å²) in [5.74, 6) is 0.245. The molecule has 1 aromatic rings. The zero-order valence-corrected chi connectivity index (χ0v) is 9.63. The van der Waals surface area contributed by atoms with E-state index in [1.54, 1.807) is 12.1 Å². The zero-order valence-electron chi connectivity index (χ0n) is 9.63. The fourth-order valence-electron chi connectivity index (χ4n) is 1.55. The quantitative estimate of drug-likeness (QED) is 0.810. The van der Waals surface area contributed by atoms with Gasteiger partial charge in [0.2, 0.25) is 0 Å². The van der Waals surface area contributed by atoms with E-state index in [-0.39, 0.29) is 5.75 Å². The van der Waals surface area contributed by atoms with E-state index in [0.717, 1.165) is 5.56 Å². The average molecular weight is 229 g/mol. The van der Waals surface area contributed by atoms with E-state index in [1.807, 2.05) is 12.1 Å². The number of rotatable bonds is 6. The smallest absolute Gasteiger partial charge is 0.115 e. The molecule has 4 heteroatoms. The highest BCUT2D eigenvalue weighted by Gasteiger charge is 2.05. The van der Waals surface area contributed by atoms with Crippen molar-refractivity contribution >= 4 is 0 Å². The van der Waals surface area contributed by atoms with E-state index in [9.17, 15) is 5.11 Å². The topological polar surface area (TPSA) is 71.0 Å². The monoisotopic (exact) mass is 229 g/mol. The second kappa shape index (κ2) is 7.27. The Hall–Kier alpha value is -2.04. The lowest BCUT2D eigenvalue weighted by molar-refractivity contribution is 0.278. The second-order valence-electron chi connectivity index (χ2n) is 3.76. The van der Waals surface area contributed by atoms with Gasteiger partial charge < -0.3 is 5.11 Å². The minimum atomic E-state index is 0.245. The van der Waals surface area contributed by atoms with Gasteiger partial charge in [-0.05, 0) is 17.7 Å². The van der Waals surface area contributed by atoms with E-state index < -0.39 is 0 Å². The first-order valence-corrected chi connectivity index (χ1v) is 5.50. The van der Waals surface area contributed by atoms with Crippen LogP contribution in [-0.2, 0) is 6.54 Å². The van der Waals surface area contributed by atoms with E-state index >= 15 is 0 Å². The van der Waals surface area contributed by atoms with Crippen LogP contribution in [0.2, 0.25) is 0 Å². The molecule has 17 heavy (non-hydrogen) atoms. The largest absolute Gasteiger partial charge is 0.508 e. The maximum absolute atomic E-state index is 9.17. The van der Waals surface area contributed by atoms with Crippen LogP contribution in [0.4, 0.5) is 0 Å². The van der Waals surface area contributed by atoms with Gasteiger partial charge in [-0.3, -0.25) is 4.90 Å². The molecule has 0 aliphatic heterocycles. The number of benzene rings is 1. The summed E-state index contributed by atoms with van der Waals surface area (Å²) in [6, 6.07) is 11.2. The molecule has 0 amide bonds. The Bertz CT molecular complexity index is 396. The molecule has 0 bridgehead atoms. The van der Waals surface area contributed by atoms with Crippen LogP contribution in [-0.4, -0.2) is 23.1 Å². The van der Waals surface area contributed by atoms with E-state index in [4.69, 9.17) is 10.5 Å². The number of hydrogen-bond donors (Lipinski definition) is 1. The number of nitrogens with zero attached hydrogens (tertiary/aromatic N) is 3. The Morgan fingerprint density at radius 3 is 2.00 bits per heavy atom. The van der Waals surface area contributed by atoms with Crippen molar-refractivity contribution in [2.24, 2.45) is 0 Å². The normalized spacial score (nSPS) is 9.82. The fraction of sp³-hybridized carbons (Fsp3) is 0.385. The van der Waals surface area contributed by atoms with Gasteiger partial charge in [0.1, 0.15) is 5.75 Å². The molecule has 0 fully saturated rings. The van der Waals surface area contributed by atoms with Crippen molar-refractivity contribution in [3.8, 4) is 17.9 Å². The third kappa shape index (κ3) is 5.01. The van der Waals surface area contributed by atoms with Crippen LogP contribution in [0.25, 0.3) is 0 Å². The van der Waals surface area contributed by atoms with Crippen LogP contribution >= 0.6 is 0 Å². The summed E-state index contributed by atoms with van der Waals surface area (Å²) in [6.45, 7) is 2.03. The Kier molecular flexibility index (Phi) is 5.57. The van der Waals surface area contributed by atoms with E-state index in [2.05, 4.69) is 17.0 Å². The summed E-state index contributed by atoms with van der Waals surface area (Å²) >= 11 is 0. The maximum Gasteiger partial charge on any atom is 0.115 e. The first-order chi connectivity index (χ1) is 8.26. The van der Waals surface area contributed by atoms with Gasteiger partial charge in [-0.1, -0.05) is 12.1 Å². The molecule has 4 nitrogen and oxygen atoms in total. The van der Waals surface area contributed by atoms with Gasteiger partial charge in [-0.15, -0.1) is 0 Å². The van der Waals surface area contributed by atoms with Gasteiger partial charge in [-0.2, -0.15) is 10.5 Å². The molecule has 0 saturated carbocycles. The molecule has 0 aliphatic carbocycles. The minimum Gasteiger partial charge on any atom is -0.508 e. The van der Waals surface area contributed by atoms with Crippen molar-refractivity contribution < 1.29 is 5.11 Å². The molecule has 1 N–H and O–H groups in total. The van der Waals surface area contributed by atoms with Gasteiger partial charge in [-0.25, -0.2) is 0 Å².